The predicted octanol–water partition coefficient (Wildman–Crippen LogP) is 2.95. The number of benzene rings is 1. The lowest BCUT2D eigenvalue weighted by molar-refractivity contribution is 0.413. The monoisotopic (exact) mass is 233 g/mol. The van der Waals surface area contributed by atoms with Gasteiger partial charge in [0.2, 0.25) is 0 Å². The van der Waals surface area contributed by atoms with Crippen LogP contribution in [0.1, 0.15) is 23.1 Å². The van der Waals surface area contributed by atoms with Gasteiger partial charge in [-0.15, -0.1) is 0 Å². The Kier molecular flexibility index (Phi) is 3.38. The van der Waals surface area contributed by atoms with Gasteiger partial charge in [-0.2, -0.15) is 0 Å². The minimum absolute atomic E-state index is 0.699. The van der Waals surface area contributed by atoms with Crippen molar-refractivity contribution < 1.29 is 9.15 Å². The number of aryl methyl sites for hydroxylation is 1. The summed E-state index contributed by atoms with van der Waals surface area (Å²) in [4.78, 5) is 0. The van der Waals surface area contributed by atoms with Gasteiger partial charge in [-0.3, -0.25) is 0 Å². The van der Waals surface area contributed by atoms with E-state index in [2.05, 4.69) is 13.8 Å². The fourth-order valence-electron chi connectivity index (χ4n) is 2.32. The van der Waals surface area contributed by atoms with Crippen molar-refractivity contribution in [3.05, 3.63) is 29.0 Å². The van der Waals surface area contributed by atoms with Gasteiger partial charge in [0, 0.05) is 0 Å². The zero-order chi connectivity index (χ0) is 12.4. The molecule has 0 amide bonds. The Labute approximate surface area is 102 Å². The third kappa shape index (κ3) is 1.91. The molecule has 0 radical (unpaired) electrons. The van der Waals surface area contributed by atoms with E-state index in [4.69, 9.17) is 14.9 Å². The fraction of sp³-hybridized carbons (Fsp3) is 0.429. The van der Waals surface area contributed by atoms with Gasteiger partial charge >= 0.3 is 0 Å². The van der Waals surface area contributed by atoms with Gasteiger partial charge in [-0.1, -0.05) is 0 Å². The molecule has 0 atom stereocenters. The molecule has 92 valence electrons. The highest BCUT2D eigenvalue weighted by Crippen LogP contribution is 2.36. The van der Waals surface area contributed by atoms with Gasteiger partial charge in [-0.05, 0) is 56.0 Å². The smallest absolute Gasteiger partial charge is 0.140 e. The van der Waals surface area contributed by atoms with Gasteiger partial charge in [-0.25, -0.2) is 0 Å². The Morgan fingerprint density at radius 1 is 1.29 bits per heavy atom. The van der Waals surface area contributed by atoms with Crippen LogP contribution in [0.2, 0.25) is 0 Å². The van der Waals surface area contributed by atoms with E-state index in [1.807, 2.05) is 6.07 Å². The zero-order valence-corrected chi connectivity index (χ0v) is 10.7. The first-order valence-corrected chi connectivity index (χ1v) is 5.94. The van der Waals surface area contributed by atoms with Crippen molar-refractivity contribution in [1.29, 1.82) is 0 Å². The van der Waals surface area contributed by atoms with Crippen molar-refractivity contribution in [3.8, 4) is 5.75 Å². The molecule has 17 heavy (non-hydrogen) atoms. The molecule has 0 aliphatic rings. The Balaban J connectivity index is 2.66. The molecule has 0 unspecified atom stereocenters. The van der Waals surface area contributed by atoms with Gasteiger partial charge in [0.25, 0.3) is 0 Å². The third-order valence-corrected chi connectivity index (χ3v) is 3.37. The summed E-state index contributed by atoms with van der Waals surface area (Å²) in [5, 5.41) is 1.06. The molecule has 3 nitrogen and oxygen atoms in total. The lowest BCUT2D eigenvalue weighted by Crippen LogP contribution is -2.04. The van der Waals surface area contributed by atoms with E-state index in [1.54, 1.807) is 13.4 Å². The number of rotatable bonds is 4. The maximum atomic E-state index is 5.59. The molecule has 2 aromatic rings. The summed E-state index contributed by atoms with van der Waals surface area (Å²) in [5.41, 5.74) is 10.2. The first kappa shape index (κ1) is 12.0. The highest BCUT2D eigenvalue weighted by molar-refractivity contribution is 5.89. The van der Waals surface area contributed by atoms with Crippen LogP contribution >= 0.6 is 0 Å². The standard InChI is InChI=1S/C14H19NO2/c1-9-10(2)13-12(6-8-17-13)14(16-3)11(9)5-4-7-15/h6,8H,4-5,7,15H2,1-3H3. The largest absolute Gasteiger partial charge is 0.496 e. The summed E-state index contributed by atoms with van der Waals surface area (Å²) in [6, 6.07) is 1.96. The number of furan rings is 1. The Hall–Kier alpha value is -1.48. The van der Waals surface area contributed by atoms with Crippen molar-refractivity contribution in [1.82, 2.24) is 0 Å². The molecule has 1 aromatic carbocycles. The molecular formula is C14H19NO2. The lowest BCUT2D eigenvalue weighted by Gasteiger charge is -2.15. The number of fused-ring (bicyclic) bond motifs is 1. The van der Waals surface area contributed by atoms with E-state index >= 15 is 0 Å². The maximum Gasteiger partial charge on any atom is 0.140 e. The minimum Gasteiger partial charge on any atom is -0.496 e. The molecule has 1 heterocycles. The van der Waals surface area contributed by atoms with Crippen LogP contribution in [0.4, 0.5) is 0 Å². The summed E-state index contributed by atoms with van der Waals surface area (Å²) in [7, 11) is 1.71. The predicted molar refractivity (Wildman–Crippen MR) is 69.6 cm³/mol. The number of methoxy groups -OCH3 is 1. The quantitative estimate of drug-likeness (QED) is 0.883. The van der Waals surface area contributed by atoms with Crippen molar-refractivity contribution in [2.24, 2.45) is 5.73 Å². The molecule has 0 aliphatic heterocycles. The highest BCUT2D eigenvalue weighted by atomic mass is 16.5. The van der Waals surface area contributed by atoms with E-state index in [-0.39, 0.29) is 0 Å². The average Bonchev–Trinajstić information content (AvgIpc) is 2.81. The summed E-state index contributed by atoms with van der Waals surface area (Å²) >= 11 is 0. The Morgan fingerprint density at radius 3 is 2.71 bits per heavy atom. The molecule has 0 saturated heterocycles. The second-order valence-corrected chi connectivity index (χ2v) is 4.32. The summed E-state index contributed by atoms with van der Waals surface area (Å²) in [6.07, 6.45) is 3.64. The zero-order valence-electron chi connectivity index (χ0n) is 10.7. The summed E-state index contributed by atoms with van der Waals surface area (Å²) in [6.45, 7) is 4.91. The van der Waals surface area contributed by atoms with Gasteiger partial charge in [0.05, 0.1) is 18.8 Å². The first-order chi connectivity index (χ1) is 8.20. The van der Waals surface area contributed by atoms with Crippen molar-refractivity contribution >= 4 is 11.0 Å². The number of hydrogen-bond donors (Lipinski definition) is 1. The SMILES string of the molecule is COc1c(CCCN)c(C)c(C)c2occc12. The van der Waals surface area contributed by atoms with Crippen LogP contribution in [0.25, 0.3) is 11.0 Å². The summed E-state index contributed by atoms with van der Waals surface area (Å²) in [5.74, 6) is 0.935. The fourth-order valence-corrected chi connectivity index (χ4v) is 2.32. The molecule has 2 N–H and O–H groups in total. The van der Waals surface area contributed by atoms with Crippen LogP contribution in [-0.2, 0) is 6.42 Å². The van der Waals surface area contributed by atoms with Crippen molar-refractivity contribution in [2.75, 3.05) is 13.7 Å². The van der Waals surface area contributed by atoms with E-state index in [0.29, 0.717) is 6.54 Å². The van der Waals surface area contributed by atoms with E-state index in [1.165, 1.54) is 16.7 Å². The van der Waals surface area contributed by atoms with Crippen molar-refractivity contribution in [3.63, 3.8) is 0 Å². The number of hydrogen-bond acceptors (Lipinski definition) is 3. The molecule has 0 bridgehead atoms. The van der Waals surface area contributed by atoms with E-state index in [9.17, 15) is 0 Å². The van der Waals surface area contributed by atoms with E-state index < -0.39 is 0 Å². The highest BCUT2D eigenvalue weighted by Gasteiger charge is 2.16. The second-order valence-electron chi connectivity index (χ2n) is 4.32. The van der Waals surface area contributed by atoms with Gasteiger partial charge < -0.3 is 14.9 Å². The maximum absolute atomic E-state index is 5.59. The molecule has 0 aliphatic carbocycles. The molecular weight excluding hydrogens is 214 g/mol. The second kappa shape index (κ2) is 4.80. The molecule has 0 spiro atoms. The van der Waals surface area contributed by atoms with Gasteiger partial charge in [0.15, 0.2) is 0 Å². The van der Waals surface area contributed by atoms with Crippen LogP contribution < -0.4 is 10.5 Å². The molecule has 1 aromatic heterocycles. The topological polar surface area (TPSA) is 48.4 Å². The van der Waals surface area contributed by atoms with Crippen LogP contribution in [0.5, 0.6) is 5.75 Å². The van der Waals surface area contributed by atoms with Crippen LogP contribution in [0, 0.1) is 13.8 Å². The molecule has 0 saturated carbocycles. The minimum atomic E-state index is 0.699. The third-order valence-electron chi connectivity index (χ3n) is 3.37. The van der Waals surface area contributed by atoms with E-state index in [0.717, 1.165) is 29.6 Å². The van der Waals surface area contributed by atoms with Crippen LogP contribution in [-0.4, -0.2) is 13.7 Å². The average molecular weight is 233 g/mol. The normalized spacial score (nSPS) is 11.1. The molecule has 0 fully saturated rings. The number of nitrogens with two attached hydrogens (primary N) is 1. The van der Waals surface area contributed by atoms with Crippen LogP contribution in [0.3, 0.4) is 0 Å². The lowest BCUT2D eigenvalue weighted by atomic mass is 9.96. The van der Waals surface area contributed by atoms with Gasteiger partial charge in [0.1, 0.15) is 11.3 Å². The van der Waals surface area contributed by atoms with Crippen molar-refractivity contribution in [2.45, 2.75) is 26.7 Å². The molecule has 3 heteroatoms. The Morgan fingerprint density at radius 2 is 2.06 bits per heavy atom. The van der Waals surface area contributed by atoms with Crippen LogP contribution in [0.15, 0.2) is 16.7 Å². The first-order valence-electron chi connectivity index (χ1n) is 5.94. The molecule has 2 rings (SSSR count). The number of ether oxygens (including phenoxy) is 1. The Bertz CT molecular complexity index is 528. The summed E-state index contributed by atoms with van der Waals surface area (Å²) < 4.78 is 11.1.